The first-order valence-corrected chi connectivity index (χ1v) is 8.16. The van der Waals surface area contributed by atoms with Gasteiger partial charge in [0, 0.05) is 18.3 Å². The predicted octanol–water partition coefficient (Wildman–Crippen LogP) is 2.41. The highest BCUT2D eigenvalue weighted by Crippen LogP contribution is 2.31. The molecule has 1 saturated heterocycles. The minimum Gasteiger partial charge on any atom is -0.369 e. The first kappa shape index (κ1) is 18.3. The first-order valence-electron chi connectivity index (χ1n) is 8.16. The Morgan fingerprint density at radius 3 is 2.92 bits per heavy atom. The van der Waals surface area contributed by atoms with E-state index < -0.39 is 11.9 Å². The Bertz CT molecular complexity index is 792. The van der Waals surface area contributed by atoms with Gasteiger partial charge < -0.3 is 10.3 Å². The van der Waals surface area contributed by atoms with Gasteiger partial charge in [-0.25, -0.2) is 0 Å². The van der Waals surface area contributed by atoms with Crippen LogP contribution in [-0.4, -0.2) is 39.0 Å². The number of pyridine rings is 1. The molecule has 0 saturated carbocycles. The number of rotatable bonds is 4. The summed E-state index contributed by atoms with van der Waals surface area (Å²) < 4.78 is 43.6. The fourth-order valence-corrected chi connectivity index (χ4v) is 2.99. The second kappa shape index (κ2) is 7.02. The molecule has 1 fully saturated rings. The molecule has 2 N–H and O–H groups in total. The molecule has 10 heteroatoms. The first-order chi connectivity index (χ1) is 12.3. The summed E-state index contributed by atoms with van der Waals surface area (Å²) >= 11 is 0. The monoisotopic (exact) mass is 369 g/mol. The van der Waals surface area contributed by atoms with E-state index in [1.54, 1.807) is 0 Å². The number of carbonyl (C=O) groups excluding carboxylic acids is 1. The lowest BCUT2D eigenvalue weighted by Crippen LogP contribution is -2.42. The molecule has 1 aliphatic rings. The van der Waals surface area contributed by atoms with Crippen LogP contribution in [0.15, 0.2) is 22.9 Å². The molecule has 1 unspecified atom stereocenters. The lowest BCUT2D eigenvalue weighted by atomic mass is 9.96. The van der Waals surface area contributed by atoms with Gasteiger partial charge in [0.2, 0.25) is 17.6 Å². The predicted molar refractivity (Wildman–Crippen MR) is 84.4 cm³/mol. The van der Waals surface area contributed by atoms with Crippen molar-refractivity contribution >= 4 is 5.91 Å². The minimum absolute atomic E-state index is 0.0585. The van der Waals surface area contributed by atoms with E-state index in [1.165, 1.54) is 6.07 Å². The van der Waals surface area contributed by atoms with Gasteiger partial charge >= 0.3 is 6.18 Å². The molecule has 140 valence electrons. The number of hydrogen-bond acceptors (Lipinski definition) is 6. The Morgan fingerprint density at radius 1 is 1.46 bits per heavy atom. The van der Waals surface area contributed by atoms with Gasteiger partial charge in [-0.1, -0.05) is 5.16 Å². The molecule has 3 rings (SSSR count). The van der Waals surface area contributed by atoms with Crippen molar-refractivity contribution in [3.63, 3.8) is 0 Å². The van der Waals surface area contributed by atoms with E-state index >= 15 is 0 Å². The molecular weight excluding hydrogens is 351 g/mol. The van der Waals surface area contributed by atoms with Crippen LogP contribution in [0.25, 0.3) is 11.4 Å². The van der Waals surface area contributed by atoms with Crippen LogP contribution in [0, 0.1) is 5.92 Å². The number of primary amides is 1. The molecule has 1 aliphatic heterocycles. The van der Waals surface area contributed by atoms with E-state index in [2.05, 4.69) is 15.1 Å². The Balaban J connectivity index is 1.78. The summed E-state index contributed by atoms with van der Waals surface area (Å²) in [5.41, 5.74) is 4.53. The van der Waals surface area contributed by atoms with Crippen LogP contribution in [-0.2, 0) is 11.0 Å². The van der Waals surface area contributed by atoms with E-state index in [-0.39, 0.29) is 35.1 Å². The molecule has 2 aromatic heterocycles. The summed E-state index contributed by atoms with van der Waals surface area (Å²) in [7, 11) is 0. The van der Waals surface area contributed by atoms with Crippen molar-refractivity contribution in [2.24, 2.45) is 11.7 Å². The highest BCUT2D eigenvalue weighted by Gasteiger charge is 2.33. The lowest BCUT2D eigenvalue weighted by Gasteiger charge is -2.33. The minimum atomic E-state index is -4.55. The molecule has 0 aromatic carbocycles. The molecule has 7 nitrogen and oxygen atoms in total. The standard InChI is InChI=1S/C16H18F3N5O2/c1-9(24-6-2-3-11(8-24)13(20)25)15-22-14(23-26-15)10-4-5-21-12(7-10)16(17,18)19/h4-5,7,9,11H,2-3,6,8H2,1H3,(H2,20,25)/t9-,11?/m0/s1. The van der Waals surface area contributed by atoms with Crippen molar-refractivity contribution in [3.8, 4) is 11.4 Å². The molecule has 3 heterocycles. The third-order valence-electron chi connectivity index (χ3n) is 4.51. The molecule has 2 aromatic rings. The van der Waals surface area contributed by atoms with E-state index in [9.17, 15) is 18.0 Å². The number of alkyl halides is 3. The van der Waals surface area contributed by atoms with Crippen molar-refractivity contribution in [2.75, 3.05) is 13.1 Å². The number of halogens is 3. The van der Waals surface area contributed by atoms with Crippen molar-refractivity contribution in [2.45, 2.75) is 32.0 Å². The number of piperidine rings is 1. The van der Waals surface area contributed by atoms with Crippen LogP contribution < -0.4 is 5.73 Å². The summed E-state index contributed by atoms with van der Waals surface area (Å²) in [6, 6.07) is 1.99. The van der Waals surface area contributed by atoms with Gasteiger partial charge in [0.25, 0.3) is 0 Å². The third kappa shape index (κ3) is 3.85. The van der Waals surface area contributed by atoms with Crippen LogP contribution in [0.3, 0.4) is 0 Å². The third-order valence-corrected chi connectivity index (χ3v) is 4.51. The van der Waals surface area contributed by atoms with E-state index in [0.717, 1.165) is 31.6 Å². The van der Waals surface area contributed by atoms with Crippen LogP contribution in [0.5, 0.6) is 0 Å². The van der Waals surface area contributed by atoms with Gasteiger partial charge in [-0.15, -0.1) is 0 Å². The largest absolute Gasteiger partial charge is 0.433 e. The van der Waals surface area contributed by atoms with Crippen LogP contribution in [0.2, 0.25) is 0 Å². The van der Waals surface area contributed by atoms with Crippen molar-refractivity contribution in [3.05, 3.63) is 29.9 Å². The van der Waals surface area contributed by atoms with Gasteiger partial charge in [0.15, 0.2) is 0 Å². The highest BCUT2D eigenvalue weighted by molar-refractivity contribution is 5.76. The second-order valence-electron chi connectivity index (χ2n) is 6.30. The average Bonchev–Trinajstić information content (AvgIpc) is 3.10. The van der Waals surface area contributed by atoms with Gasteiger partial charge in [-0.3, -0.25) is 14.7 Å². The molecule has 26 heavy (non-hydrogen) atoms. The van der Waals surface area contributed by atoms with Gasteiger partial charge in [0.05, 0.1) is 12.0 Å². The lowest BCUT2D eigenvalue weighted by molar-refractivity contribution is -0.141. The molecule has 2 atom stereocenters. The maximum Gasteiger partial charge on any atom is 0.433 e. The topological polar surface area (TPSA) is 98.1 Å². The van der Waals surface area contributed by atoms with E-state index in [4.69, 9.17) is 10.3 Å². The zero-order valence-electron chi connectivity index (χ0n) is 14.0. The summed E-state index contributed by atoms with van der Waals surface area (Å²) in [6.07, 6.45) is -1.93. The Hall–Kier alpha value is -2.49. The average molecular weight is 369 g/mol. The summed E-state index contributed by atoms with van der Waals surface area (Å²) in [4.78, 5) is 20.9. The Labute approximate surface area is 147 Å². The maximum absolute atomic E-state index is 12.8. The maximum atomic E-state index is 12.8. The van der Waals surface area contributed by atoms with Crippen molar-refractivity contribution < 1.29 is 22.5 Å². The zero-order valence-corrected chi connectivity index (χ0v) is 14.0. The summed E-state index contributed by atoms with van der Waals surface area (Å²) in [5.74, 6) is -0.244. The Morgan fingerprint density at radius 2 is 2.23 bits per heavy atom. The zero-order chi connectivity index (χ0) is 18.9. The van der Waals surface area contributed by atoms with Gasteiger partial charge in [-0.05, 0) is 38.4 Å². The normalized spacial score (nSPS) is 20.1. The number of nitrogens with zero attached hydrogens (tertiary/aromatic N) is 4. The SMILES string of the molecule is C[C@@H](c1nc(-c2ccnc(C(F)(F)F)c2)no1)N1CCCC(C(N)=O)C1. The fourth-order valence-electron chi connectivity index (χ4n) is 2.99. The summed E-state index contributed by atoms with van der Waals surface area (Å²) in [6.45, 7) is 3.08. The van der Waals surface area contributed by atoms with Crippen LogP contribution in [0.1, 0.15) is 37.4 Å². The van der Waals surface area contributed by atoms with Crippen LogP contribution >= 0.6 is 0 Å². The van der Waals surface area contributed by atoms with E-state index in [0.29, 0.717) is 6.54 Å². The highest BCUT2D eigenvalue weighted by atomic mass is 19.4. The molecule has 0 radical (unpaired) electrons. The molecule has 1 amide bonds. The van der Waals surface area contributed by atoms with Gasteiger partial charge in [0.1, 0.15) is 5.69 Å². The van der Waals surface area contributed by atoms with Crippen molar-refractivity contribution in [1.82, 2.24) is 20.0 Å². The van der Waals surface area contributed by atoms with Crippen LogP contribution in [0.4, 0.5) is 13.2 Å². The molecule has 0 aliphatic carbocycles. The van der Waals surface area contributed by atoms with E-state index in [1.807, 2.05) is 11.8 Å². The Kier molecular flexibility index (Phi) is 4.94. The second-order valence-corrected chi connectivity index (χ2v) is 6.30. The number of carbonyl (C=O) groups is 1. The molecule has 0 bridgehead atoms. The summed E-state index contributed by atoms with van der Waals surface area (Å²) in [5, 5.41) is 3.78. The quantitative estimate of drug-likeness (QED) is 0.889. The fraction of sp³-hybridized carbons (Fsp3) is 0.500. The smallest absolute Gasteiger partial charge is 0.369 e. The number of nitrogens with two attached hydrogens (primary N) is 1. The van der Waals surface area contributed by atoms with Gasteiger partial charge in [-0.2, -0.15) is 18.2 Å². The number of aromatic nitrogens is 3. The number of amides is 1. The molecule has 0 spiro atoms. The number of hydrogen-bond donors (Lipinski definition) is 1. The number of likely N-dealkylation sites (tertiary alicyclic amines) is 1. The van der Waals surface area contributed by atoms with Crippen molar-refractivity contribution in [1.29, 1.82) is 0 Å². The molecular formula is C16H18F3N5O2.